The Balaban J connectivity index is 1.48. The van der Waals surface area contributed by atoms with Crippen molar-refractivity contribution in [2.75, 3.05) is 43.3 Å². The largest absolute Gasteiger partial charge is 0.492 e. The van der Waals surface area contributed by atoms with Gasteiger partial charge in [-0.2, -0.15) is 4.31 Å². The van der Waals surface area contributed by atoms with Crippen molar-refractivity contribution in [3.8, 4) is 5.75 Å². The second-order valence-electron chi connectivity index (χ2n) is 7.39. The van der Waals surface area contributed by atoms with Crippen LogP contribution in [0.5, 0.6) is 5.75 Å². The van der Waals surface area contributed by atoms with E-state index in [2.05, 4.69) is 5.32 Å². The SMILES string of the molecule is CS(=O)(=O)N(CC(=O)NCCOc1ccc(S(=O)(=O)N2CCCC2)cc1)c1ccccc1. The quantitative estimate of drug-likeness (QED) is 0.514. The van der Waals surface area contributed by atoms with Crippen molar-refractivity contribution < 1.29 is 26.4 Å². The van der Waals surface area contributed by atoms with Gasteiger partial charge in [0.2, 0.25) is 26.0 Å². The van der Waals surface area contributed by atoms with Crippen LogP contribution in [0.1, 0.15) is 12.8 Å². The van der Waals surface area contributed by atoms with E-state index in [4.69, 9.17) is 4.74 Å². The second kappa shape index (κ2) is 10.3. The van der Waals surface area contributed by atoms with E-state index < -0.39 is 26.0 Å². The molecule has 1 heterocycles. The summed E-state index contributed by atoms with van der Waals surface area (Å²) < 4.78 is 57.2. The van der Waals surface area contributed by atoms with Crippen LogP contribution in [0.25, 0.3) is 0 Å². The minimum atomic E-state index is -3.62. The van der Waals surface area contributed by atoms with Crippen LogP contribution in [0.15, 0.2) is 59.5 Å². The number of nitrogens with zero attached hydrogens (tertiary/aromatic N) is 2. The summed E-state index contributed by atoms with van der Waals surface area (Å²) in [6.07, 6.45) is 2.79. The van der Waals surface area contributed by atoms with Crippen molar-refractivity contribution in [1.82, 2.24) is 9.62 Å². The monoisotopic (exact) mass is 481 g/mol. The van der Waals surface area contributed by atoms with E-state index in [-0.39, 0.29) is 24.6 Å². The Bertz CT molecular complexity index is 1110. The highest BCUT2D eigenvalue weighted by Crippen LogP contribution is 2.23. The molecule has 0 aromatic heterocycles. The zero-order valence-corrected chi connectivity index (χ0v) is 19.4. The van der Waals surface area contributed by atoms with Crippen molar-refractivity contribution >= 4 is 31.6 Å². The normalized spacial score (nSPS) is 14.8. The van der Waals surface area contributed by atoms with E-state index in [9.17, 15) is 21.6 Å². The molecular formula is C21H27N3O6S2. The third kappa shape index (κ3) is 6.21. The van der Waals surface area contributed by atoms with Gasteiger partial charge in [0.05, 0.1) is 23.4 Å². The molecule has 2 aromatic carbocycles. The fourth-order valence-corrected chi connectivity index (χ4v) is 5.70. The highest BCUT2D eigenvalue weighted by Gasteiger charge is 2.27. The van der Waals surface area contributed by atoms with Gasteiger partial charge in [0, 0.05) is 13.1 Å². The maximum Gasteiger partial charge on any atom is 0.243 e. The first-order valence-corrected chi connectivity index (χ1v) is 13.5. The number of rotatable bonds is 10. The standard InChI is InChI=1S/C21H27N3O6S2/c1-31(26,27)24(18-7-3-2-4-8-18)17-21(25)22-13-16-30-19-9-11-20(12-10-19)32(28,29)23-14-5-6-15-23/h2-4,7-12H,5-6,13-17H2,1H3,(H,22,25). The molecule has 1 fully saturated rings. The summed E-state index contributed by atoms with van der Waals surface area (Å²) >= 11 is 0. The summed E-state index contributed by atoms with van der Waals surface area (Å²) in [7, 11) is -7.09. The van der Waals surface area contributed by atoms with E-state index in [0.717, 1.165) is 23.4 Å². The molecule has 1 N–H and O–H groups in total. The van der Waals surface area contributed by atoms with Crippen LogP contribution in [0, 0.1) is 0 Å². The number of carbonyl (C=O) groups excluding carboxylic acids is 1. The summed E-state index contributed by atoms with van der Waals surface area (Å²) in [5.74, 6) is 0.0107. The van der Waals surface area contributed by atoms with Crippen LogP contribution >= 0.6 is 0 Å². The summed E-state index contributed by atoms with van der Waals surface area (Å²) in [5, 5.41) is 2.63. The van der Waals surface area contributed by atoms with Crippen molar-refractivity contribution in [2.45, 2.75) is 17.7 Å². The summed E-state index contributed by atoms with van der Waals surface area (Å²) in [6.45, 7) is 1.06. The van der Waals surface area contributed by atoms with E-state index in [1.165, 1.54) is 16.4 Å². The fraction of sp³-hybridized carbons (Fsp3) is 0.381. The number of anilines is 1. The zero-order valence-electron chi connectivity index (χ0n) is 17.8. The molecule has 1 amide bonds. The van der Waals surface area contributed by atoms with Gasteiger partial charge in [0.15, 0.2) is 0 Å². The van der Waals surface area contributed by atoms with Crippen molar-refractivity contribution in [3.63, 3.8) is 0 Å². The number of amides is 1. The van der Waals surface area contributed by atoms with Gasteiger partial charge in [0.25, 0.3) is 0 Å². The lowest BCUT2D eigenvalue weighted by Crippen LogP contribution is -2.41. The highest BCUT2D eigenvalue weighted by atomic mass is 32.2. The van der Waals surface area contributed by atoms with Gasteiger partial charge in [0.1, 0.15) is 18.9 Å². The molecule has 1 aliphatic rings. The Morgan fingerprint density at radius 1 is 1.00 bits per heavy atom. The zero-order chi connectivity index (χ0) is 23.2. The topological polar surface area (TPSA) is 113 Å². The molecular weight excluding hydrogens is 454 g/mol. The van der Waals surface area contributed by atoms with Gasteiger partial charge < -0.3 is 10.1 Å². The maximum absolute atomic E-state index is 12.5. The molecule has 174 valence electrons. The summed E-state index contributed by atoms with van der Waals surface area (Å²) in [4.78, 5) is 12.4. The van der Waals surface area contributed by atoms with Gasteiger partial charge in [-0.25, -0.2) is 16.8 Å². The van der Waals surface area contributed by atoms with Crippen LogP contribution in [0.4, 0.5) is 5.69 Å². The van der Waals surface area contributed by atoms with Crippen LogP contribution in [0.2, 0.25) is 0 Å². The number of sulfonamides is 2. The minimum Gasteiger partial charge on any atom is -0.492 e. The number of benzene rings is 2. The average Bonchev–Trinajstić information content (AvgIpc) is 3.31. The summed E-state index contributed by atoms with van der Waals surface area (Å²) in [6, 6.07) is 14.5. The van der Waals surface area contributed by atoms with Crippen LogP contribution < -0.4 is 14.4 Å². The Morgan fingerprint density at radius 3 is 2.22 bits per heavy atom. The minimum absolute atomic E-state index is 0.147. The van der Waals surface area contributed by atoms with Crippen LogP contribution in [0.3, 0.4) is 0 Å². The van der Waals surface area contributed by atoms with Gasteiger partial charge in [-0.1, -0.05) is 18.2 Å². The molecule has 0 atom stereocenters. The van der Waals surface area contributed by atoms with Gasteiger partial charge in [-0.05, 0) is 49.2 Å². The lowest BCUT2D eigenvalue weighted by molar-refractivity contribution is -0.119. The molecule has 0 radical (unpaired) electrons. The van der Waals surface area contributed by atoms with Gasteiger partial charge in [-0.3, -0.25) is 9.10 Å². The maximum atomic E-state index is 12.5. The van der Waals surface area contributed by atoms with E-state index >= 15 is 0 Å². The second-order valence-corrected chi connectivity index (χ2v) is 11.2. The number of ether oxygens (including phenoxy) is 1. The molecule has 3 rings (SSSR count). The molecule has 9 nitrogen and oxygen atoms in total. The van der Waals surface area contributed by atoms with Crippen molar-refractivity contribution in [2.24, 2.45) is 0 Å². The van der Waals surface area contributed by atoms with Crippen molar-refractivity contribution in [1.29, 1.82) is 0 Å². The number of hydrogen-bond acceptors (Lipinski definition) is 6. The predicted molar refractivity (Wildman–Crippen MR) is 122 cm³/mol. The molecule has 0 saturated carbocycles. The Labute approximate surface area is 189 Å². The number of carbonyl (C=O) groups is 1. The molecule has 0 unspecified atom stereocenters. The first-order valence-electron chi connectivity index (χ1n) is 10.2. The van der Waals surface area contributed by atoms with Crippen LogP contribution in [-0.2, 0) is 24.8 Å². The van der Waals surface area contributed by atoms with E-state index in [1.807, 2.05) is 0 Å². The highest BCUT2D eigenvalue weighted by molar-refractivity contribution is 7.92. The Hall–Kier alpha value is -2.63. The van der Waals surface area contributed by atoms with E-state index in [0.29, 0.717) is 24.5 Å². The molecule has 1 saturated heterocycles. The summed E-state index contributed by atoms with van der Waals surface area (Å²) in [5.41, 5.74) is 0.408. The van der Waals surface area contributed by atoms with Gasteiger partial charge in [-0.15, -0.1) is 0 Å². The first-order chi connectivity index (χ1) is 15.2. The molecule has 0 aliphatic carbocycles. The Morgan fingerprint density at radius 2 is 1.62 bits per heavy atom. The molecule has 0 spiro atoms. The average molecular weight is 482 g/mol. The molecule has 2 aromatic rings. The molecule has 0 bridgehead atoms. The van der Waals surface area contributed by atoms with Gasteiger partial charge >= 0.3 is 0 Å². The Kier molecular flexibility index (Phi) is 7.75. The number of para-hydroxylation sites is 1. The van der Waals surface area contributed by atoms with Crippen molar-refractivity contribution in [3.05, 3.63) is 54.6 Å². The number of nitrogens with one attached hydrogen (secondary N) is 1. The smallest absolute Gasteiger partial charge is 0.243 e. The van der Waals surface area contributed by atoms with E-state index in [1.54, 1.807) is 42.5 Å². The fourth-order valence-electron chi connectivity index (χ4n) is 3.33. The lowest BCUT2D eigenvalue weighted by atomic mass is 10.3. The van der Waals surface area contributed by atoms with Crippen LogP contribution in [-0.4, -0.2) is 66.1 Å². The lowest BCUT2D eigenvalue weighted by Gasteiger charge is -2.21. The predicted octanol–water partition coefficient (Wildman–Crippen LogP) is 1.43. The third-order valence-electron chi connectivity index (χ3n) is 4.95. The third-order valence-corrected chi connectivity index (χ3v) is 8.00. The molecule has 1 aliphatic heterocycles. The first kappa shape index (κ1) is 24.0. The number of hydrogen-bond donors (Lipinski definition) is 1. The molecule has 32 heavy (non-hydrogen) atoms. The molecule has 11 heteroatoms.